The lowest BCUT2D eigenvalue weighted by Gasteiger charge is -2.22. The van der Waals surface area contributed by atoms with Gasteiger partial charge < -0.3 is 19.3 Å². The summed E-state index contributed by atoms with van der Waals surface area (Å²) < 4.78 is 10.9. The zero-order valence-electron chi connectivity index (χ0n) is 13.7. The minimum Gasteiger partial charge on any atom is -0.493 e. The number of aliphatic imine (C=N–C) groups is 1. The molecule has 1 aromatic rings. The number of ether oxygens (including phenoxy) is 2. The van der Waals surface area contributed by atoms with E-state index in [1.54, 1.807) is 7.11 Å². The molecule has 6 heteroatoms. The fraction of sp³-hybridized carbons (Fsp3) is 0.533. The van der Waals surface area contributed by atoms with Gasteiger partial charge in [0.25, 0.3) is 0 Å². The number of benzene rings is 1. The molecule has 0 spiro atoms. The predicted octanol–water partition coefficient (Wildman–Crippen LogP) is 2.69. The lowest BCUT2D eigenvalue weighted by molar-refractivity contribution is 0.310. The predicted molar refractivity (Wildman–Crippen MR) is 98.1 cm³/mol. The molecule has 0 atom stereocenters. The second-order valence-corrected chi connectivity index (χ2v) is 4.82. The molecule has 0 aromatic heterocycles. The van der Waals surface area contributed by atoms with Crippen molar-refractivity contribution in [3.63, 3.8) is 0 Å². The van der Waals surface area contributed by atoms with Crippen LogP contribution in [0.1, 0.15) is 12.5 Å². The maximum absolute atomic E-state index is 5.58. The van der Waals surface area contributed by atoms with Gasteiger partial charge in [0.15, 0.2) is 17.5 Å². The van der Waals surface area contributed by atoms with Crippen LogP contribution in [-0.4, -0.2) is 57.7 Å². The number of halogens is 1. The molecule has 1 rings (SSSR count). The van der Waals surface area contributed by atoms with E-state index in [1.807, 2.05) is 63.1 Å². The Balaban J connectivity index is 0.00000400. The van der Waals surface area contributed by atoms with Crippen molar-refractivity contribution < 1.29 is 9.47 Å². The topological polar surface area (TPSA) is 37.3 Å². The van der Waals surface area contributed by atoms with Gasteiger partial charge in [-0.3, -0.25) is 0 Å². The highest BCUT2D eigenvalue weighted by Crippen LogP contribution is 2.28. The highest BCUT2D eigenvalue weighted by Gasteiger charge is 2.07. The smallest absolute Gasteiger partial charge is 0.195 e. The van der Waals surface area contributed by atoms with Crippen LogP contribution in [0.3, 0.4) is 0 Å². The summed E-state index contributed by atoms with van der Waals surface area (Å²) >= 11 is 0. The molecule has 0 aliphatic carbocycles. The molecule has 0 heterocycles. The Kier molecular flexibility index (Phi) is 9.16. The Labute approximate surface area is 145 Å². The van der Waals surface area contributed by atoms with E-state index in [2.05, 4.69) is 4.99 Å². The van der Waals surface area contributed by atoms with Gasteiger partial charge in [0.05, 0.1) is 20.3 Å². The molecule has 0 fully saturated rings. The van der Waals surface area contributed by atoms with Crippen molar-refractivity contribution in [2.45, 2.75) is 13.5 Å². The van der Waals surface area contributed by atoms with Gasteiger partial charge in [0, 0.05) is 28.2 Å². The third-order valence-corrected chi connectivity index (χ3v) is 2.73. The molecule has 0 amide bonds. The standard InChI is InChI=1S/C15H25N3O2.HI/c1-7-20-14-10-12(8-9-13(14)19-6)11-16-15(17(2)3)18(4)5;/h8-10H,7,11H2,1-6H3;1H. The third kappa shape index (κ3) is 5.99. The number of nitrogens with zero attached hydrogens (tertiary/aromatic N) is 3. The summed E-state index contributed by atoms with van der Waals surface area (Å²) in [6.45, 7) is 3.18. The molecule has 0 aliphatic heterocycles. The quantitative estimate of drug-likeness (QED) is 0.428. The maximum Gasteiger partial charge on any atom is 0.195 e. The van der Waals surface area contributed by atoms with E-state index < -0.39 is 0 Å². The van der Waals surface area contributed by atoms with E-state index in [0.29, 0.717) is 13.2 Å². The lowest BCUT2D eigenvalue weighted by Crippen LogP contribution is -2.35. The summed E-state index contributed by atoms with van der Waals surface area (Å²) in [6.07, 6.45) is 0. The van der Waals surface area contributed by atoms with E-state index >= 15 is 0 Å². The number of rotatable bonds is 5. The minimum absolute atomic E-state index is 0. The second kappa shape index (κ2) is 9.70. The van der Waals surface area contributed by atoms with Crippen LogP contribution in [0.4, 0.5) is 0 Å². The van der Waals surface area contributed by atoms with Gasteiger partial charge in [-0.1, -0.05) is 6.07 Å². The number of hydrogen-bond donors (Lipinski definition) is 0. The molecule has 1 aromatic carbocycles. The van der Waals surface area contributed by atoms with Gasteiger partial charge in [-0.05, 0) is 24.6 Å². The Hall–Kier alpha value is -1.18. The van der Waals surface area contributed by atoms with Gasteiger partial charge in [0.1, 0.15) is 0 Å². The molecule has 0 radical (unpaired) electrons. The average Bonchev–Trinajstić information content (AvgIpc) is 2.39. The van der Waals surface area contributed by atoms with Crippen LogP contribution in [0.5, 0.6) is 11.5 Å². The van der Waals surface area contributed by atoms with Crippen molar-refractivity contribution in [2.24, 2.45) is 4.99 Å². The summed E-state index contributed by atoms with van der Waals surface area (Å²) in [5.41, 5.74) is 1.09. The Morgan fingerprint density at radius 3 is 2.19 bits per heavy atom. The molecule has 5 nitrogen and oxygen atoms in total. The van der Waals surface area contributed by atoms with Crippen molar-refractivity contribution >= 4 is 29.9 Å². The van der Waals surface area contributed by atoms with E-state index in [-0.39, 0.29) is 24.0 Å². The molecule has 0 bridgehead atoms. The van der Waals surface area contributed by atoms with Crippen molar-refractivity contribution in [3.05, 3.63) is 23.8 Å². The summed E-state index contributed by atoms with van der Waals surface area (Å²) in [6, 6.07) is 5.91. The van der Waals surface area contributed by atoms with Crippen LogP contribution in [0.15, 0.2) is 23.2 Å². The van der Waals surface area contributed by atoms with Gasteiger partial charge in [0.2, 0.25) is 0 Å². The molecule has 0 unspecified atom stereocenters. The highest BCUT2D eigenvalue weighted by atomic mass is 127. The van der Waals surface area contributed by atoms with Crippen LogP contribution in [0.25, 0.3) is 0 Å². The van der Waals surface area contributed by atoms with Crippen molar-refractivity contribution in [2.75, 3.05) is 41.9 Å². The summed E-state index contributed by atoms with van der Waals surface area (Å²) in [4.78, 5) is 8.61. The number of hydrogen-bond acceptors (Lipinski definition) is 3. The summed E-state index contributed by atoms with van der Waals surface area (Å²) in [5, 5.41) is 0. The zero-order chi connectivity index (χ0) is 15.1. The van der Waals surface area contributed by atoms with Gasteiger partial charge in [-0.25, -0.2) is 4.99 Å². The maximum atomic E-state index is 5.58. The number of methoxy groups -OCH3 is 1. The zero-order valence-corrected chi connectivity index (χ0v) is 16.0. The lowest BCUT2D eigenvalue weighted by atomic mass is 10.2. The van der Waals surface area contributed by atoms with Gasteiger partial charge >= 0.3 is 0 Å². The summed E-state index contributed by atoms with van der Waals surface area (Å²) in [5.74, 6) is 2.44. The molecular formula is C15H26IN3O2. The Bertz CT molecular complexity index is 452. The molecule has 0 aliphatic rings. The molecule has 0 saturated heterocycles. The van der Waals surface area contributed by atoms with Crippen LogP contribution >= 0.6 is 24.0 Å². The average molecular weight is 407 g/mol. The first-order valence-electron chi connectivity index (χ1n) is 6.68. The Morgan fingerprint density at radius 1 is 1.10 bits per heavy atom. The monoisotopic (exact) mass is 407 g/mol. The SMILES string of the molecule is CCOc1cc(CN=C(N(C)C)N(C)C)ccc1OC.I. The molecule has 0 N–H and O–H groups in total. The van der Waals surface area contributed by atoms with E-state index in [1.165, 1.54) is 0 Å². The van der Waals surface area contributed by atoms with Crippen LogP contribution in [0.2, 0.25) is 0 Å². The van der Waals surface area contributed by atoms with E-state index in [0.717, 1.165) is 23.0 Å². The highest BCUT2D eigenvalue weighted by molar-refractivity contribution is 14.0. The van der Waals surface area contributed by atoms with Gasteiger partial charge in [-0.15, -0.1) is 24.0 Å². The van der Waals surface area contributed by atoms with Crippen molar-refractivity contribution in [1.82, 2.24) is 9.80 Å². The molecule has 21 heavy (non-hydrogen) atoms. The van der Waals surface area contributed by atoms with Crippen LogP contribution in [-0.2, 0) is 6.54 Å². The number of guanidine groups is 1. The molecule has 0 saturated carbocycles. The second-order valence-electron chi connectivity index (χ2n) is 4.82. The van der Waals surface area contributed by atoms with Gasteiger partial charge in [-0.2, -0.15) is 0 Å². The first kappa shape index (κ1) is 19.8. The third-order valence-electron chi connectivity index (χ3n) is 2.73. The minimum atomic E-state index is 0. The van der Waals surface area contributed by atoms with Crippen molar-refractivity contribution in [1.29, 1.82) is 0 Å². The van der Waals surface area contributed by atoms with E-state index in [9.17, 15) is 0 Å². The van der Waals surface area contributed by atoms with Crippen molar-refractivity contribution in [3.8, 4) is 11.5 Å². The molecular weight excluding hydrogens is 381 g/mol. The van der Waals surface area contributed by atoms with Crippen LogP contribution < -0.4 is 9.47 Å². The molecule has 120 valence electrons. The fourth-order valence-corrected chi connectivity index (χ4v) is 1.93. The largest absolute Gasteiger partial charge is 0.493 e. The fourth-order valence-electron chi connectivity index (χ4n) is 1.93. The normalized spacial score (nSPS) is 9.43. The Morgan fingerprint density at radius 2 is 1.71 bits per heavy atom. The first-order valence-corrected chi connectivity index (χ1v) is 6.68. The first-order chi connectivity index (χ1) is 9.49. The summed E-state index contributed by atoms with van der Waals surface area (Å²) in [7, 11) is 9.58. The van der Waals surface area contributed by atoms with Crippen LogP contribution in [0, 0.1) is 0 Å². The van der Waals surface area contributed by atoms with E-state index in [4.69, 9.17) is 9.47 Å².